The Balaban J connectivity index is 4.17. The standard InChI is InChI=1S/C8H13O4P/c1-5-8(3,4)12-7(9)13(10)11-6-2/h1,13H,6H2,2-4H3. The van der Waals surface area contributed by atoms with Crippen molar-refractivity contribution in [2.75, 3.05) is 6.61 Å². The predicted molar refractivity (Wildman–Crippen MR) is 50.0 cm³/mol. The summed E-state index contributed by atoms with van der Waals surface area (Å²) >= 11 is 0. The van der Waals surface area contributed by atoms with Crippen molar-refractivity contribution < 1.29 is 18.6 Å². The maximum atomic E-state index is 11.0. The highest BCUT2D eigenvalue weighted by atomic mass is 31.1. The first-order valence-electron chi connectivity index (χ1n) is 3.81. The molecule has 0 saturated carbocycles. The second-order valence-corrected chi connectivity index (χ2v) is 4.04. The van der Waals surface area contributed by atoms with Gasteiger partial charge in [0.05, 0.1) is 6.61 Å². The van der Waals surface area contributed by atoms with E-state index in [9.17, 15) is 9.36 Å². The molecule has 4 nitrogen and oxygen atoms in total. The second-order valence-electron chi connectivity index (χ2n) is 2.76. The minimum atomic E-state index is -2.77. The van der Waals surface area contributed by atoms with Crippen LogP contribution in [0.4, 0.5) is 4.79 Å². The Kier molecular flexibility index (Phi) is 4.76. The molecule has 0 radical (unpaired) electrons. The van der Waals surface area contributed by atoms with Crippen LogP contribution in [0.25, 0.3) is 0 Å². The molecule has 13 heavy (non-hydrogen) atoms. The Morgan fingerprint density at radius 2 is 2.15 bits per heavy atom. The number of hydrogen-bond acceptors (Lipinski definition) is 4. The van der Waals surface area contributed by atoms with E-state index in [1.165, 1.54) is 13.8 Å². The molecule has 1 atom stereocenters. The van der Waals surface area contributed by atoms with Gasteiger partial charge < -0.3 is 9.26 Å². The van der Waals surface area contributed by atoms with Crippen LogP contribution in [0.15, 0.2) is 0 Å². The number of carbonyl (C=O) groups is 1. The fourth-order valence-corrected chi connectivity index (χ4v) is 1.21. The van der Waals surface area contributed by atoms with E-state index in [0.29, 0.717) is 0 Å². The molecule has 0 heterocycles. The molecule has 0 spiro atoms. The van der Waals surface area contributed by atoms with Crippen LogP contribution < -0.4 is 0 Å². The fraction of sp³-hybridized carbons (Fsp3) is 0.625. The molecule has 0 aromatic heterocycles. The predicted octanol–water partition coefficient (Wildman–Crippen LogP) is 2.05. The summed E-state index contributed by atoms with van der Waals surface area (Å²) in [6.07, 6.45) is 5.07. The summed E-state index contributed by atoms with van der Waals surface area (Å²) in [7, 11) is -2.77. The largest absolute Gasteiger partial charge is 0.439 e. The van der Waals surface area contributed by atoms with Crippen LogP contribution in [0.2, 0.25) is 0 Å². The van der Waals surface area contributed by atoms with E-state index in [1.807, 2.05) is 0 Å². The fourth-order valence-electron chi connectivity index (χ4n) is 0.493. The lowest BCUT2D eigenvalue weighted by Gasteiger charge is -2.17. The van der Waals surface area contributed by atoms with Gasteiger partial charge in [-0.15, -0.1) is 6.42 Å². The third kappa shape index (κ3) is 4.72. The van der Waals surface area contributed by atoms with Gasteiger partial charge in [0, 0.05) is 0 Å². The lowest BCUT2D eigenvalue weighted by Crippen LogP contribution is -2.23. The van der Waals surface area contributed by atoms with E-state index in [-0.39, 0.29) is 6.61 Å². The topological polar surface area (TPSA) is 52.6 Å². The van der Waals surface area contributed by atoms with E-state index in [4.69, 9.17) is 11.2 Å². The first-order valence-corrected chi connectivity index (χ1v) is 5.12. The van der Waals surface area contributed by atoms with E-state index < -0.39 is 19.3 Å². The highest BCUT2D eigenvalue weighted by Crippen LogP contribution is 2.27. The SMILES string of the molecule is C#CC(C)(C)OC(=O)[PH](=O)OCC. The van der Waals surface area contributed by atoms with Crippen molar-refractivity contribution in [3.05, 3.63) is 0 Å². The molecule has 0 rings (SSSR count). The number of carbonyl (C=O) groups excluding carboxylic acids is 1. The molecule has 0 aromatic carbocycles. The van der Waals surface area contributed by atoms with Crippen LogP contribution in [0.5, 0.6) is 0 Å². The monoisotopic (exact) mass is 204 g/mol. The summed E-state index contributed by atoms with van der Waals surface area (Å²) in [5.41, 5.74) is -1.91. The van der Waals surface area contributed by atoms with Crippen molar-refractivity contribution in [3.63, 3.8) is 0 Å². The van der Waals surface area contributed by atoms with Gasteiger partial charge in [0.1, 0.15) is 0 Å². The quantitative estimate of drug-likeness (QED) is 0.519. The van der Waals surface area contributed by atoms with Crippen LogP contribution >= 0.6 is 8.03 Å². The number of hydrogen-bond donors (Lipinski definition) is 0. The first kappa shape index (κ1) is 12.2. The summed E-state index contributed by atoms with van der Waals surface area (Å²) in [4.78, 5) is 11.0. The van der Waals surface area contributed by atoms with Crippen LogP contribution in [-0.4, -0.2) is 17.9 Å². The van der Waals surface area contributed by atoms with E-state index >= 15 is 0 Å². The maximum absolute atomic E-state index is 11.0. The molecule has 0 aromatic rings. The smallest absolute Gasteiger partial charge is 0.390 e. The number of ether oxygens (including phenoxy) is 1. The molecular formula is C8H13O4P. The summed E-state index contributed by atoms with van der Waals surface area (Å²) in [5, 5.41) is 0. The van der Waals surface area contributed by atoms with Crippen LogP contribution in [0.3, 0.4) is 0 Å². The van der Waals surface area contributed by atoms with Crippen molar-refractivity contribution >= 4 is 13.7 Å². The van der Waals surface area contributed by atoms with Gasteiger partial charge >= 0.3 is 5.71 Å². The molecule has 5 heteroatoms. The van der Waals surface area contributed by atoms with Gasteiger partial charge in [0.2, 0.25) is 0 Å². The molecule has 0 aliphatic carbocycles. The summed E-state index contributed by atoms with van der Waals surface area (Å²) in [6, 6.07) is 0. The lowest BCUT2D eigenvalue weighted by molar-refractivity contribution is 0.0971. The maximum Gasteiger partial charge on any atom is 0.390 e. The highest BCUT2D eigenvalue weighted by Gasteiger charge is 2.23. The Bertz CT molecular complexity index is 251. The Hall–Kier alpha value is -0.780. The van der Waals surface area contributed by atoms with Crippen LogP contribution in [-0.2, 0) is 13.8 Å². The van der Waals surface area contributed by atoms with E-state index in [1.54, 1.807) is 6.92 Å². The molecule has 0 bridgehead atoms. The van der Waals surface area contributed by atoms with Gasteiger partial charge in [0.25, 0.3) is 8.03 Å². The van der Waals surface area contributed by atoms with Crippen molar-refractivity contribution in [2.45, 2.75) is 26.4 Å². The zero-order chi connectivity index (χ0) is 10.5. The molecule has 0 saturated heterocycles. The average molecular weight is 204 g/mol. The normalized spacial score (nSPS) is 13.1. The van der Waals surface area contributed by atoms with Crippen LogP contribution in [0.1, 0.15) is 20.8 Å². The lowest BCUT2D eigenvalue weighted by atomic mass is 10.2. The highest BCUT2D eigenvalue weighted by molar-refractivity contribution is 7.58. The number of terminal acetylenes is 1. The molecule has 0 aliphatic rings. The van der Waals surface area contributed by atoms with Gasteiger partial charge in [-0.1, -0.05) is 5.92 Å². The van der Waals surface area contributed by atoms with Crippen LogP contribution in [0, 0.1) is 12.3 Å². The summed E-state index contributed by atoms with van der Waals surface area (Å²) in [5.74, 6) is 2.25. The van der Waals surface area contributed by atoms with E-state index in [0.717, 1.165) is 0 Å². The minimum absolute atomic E-state index is 0.212. The zero-order valence-corrected chi connectivity index (χ0v) is 8.92. The molecule has 0 fully saturated rings. The van der Waals surface area contributed by atoms with Crippen molar-refractivity contribution in [1.82, 2.24) is 0 Å². The number of rotatable bonds is 4. The summed E-state index contributed by atoms with van der Waals surface area (Å²) < 4.78 is 20.3. The molecule has 0 N–H and O–H groups in total. The zero-order valence-electron chi connectivity index (χ0n) is 7.92. The Morgan fingerprint density at radius 3 is 2.54 bits per heavy atom. The molecule has 0 aliphatic heterocycles. The third-order valence-electron chi connectivity index (χ3n) is 1.14. The molecule has 74 valence electrons. The van der Waals surface area contributed by atoms with Gasteiger partial charge in [-0.2, -0.15) is 0 Å². The molecule has 0 amide bonds. The molecule has 1 unspecified atom stereocenters. The van der Waals surface area contributed by atoms with E-state index in [2.05, 4.69) is 10.4 Å². The van der Waals surface area contributed by atoms with Gasteiger partial charge in [-0.05, 0) is 20.8 Å². The van der Waals surface area contributed by atoms with Crippen molar-refractivity contribution in [1.29, 1.82) is 0 Å². The van der Waals surface area contributed by atoms with Gasteiger partial charge in [-0.25, -0.2) is 4.79 Å². The molecular weight excluding hydrogens is 191 g/mol. The Morgan fingerprint density at radius 1 is 1.62 bits per heavy atom. The van der Waals surface area contributed by atoms with Gasteiger partial charge in [0.15, 0.2) is 5.60 Å². The minimum Gasteiger partial charge on any atom is -0.439 e. The average Bonchev–Trinajstić information content (AvgIpc) is 2.04. The second kappa shape index (κ2) is 5.06. The third-order valence-corrected chi connectivity index (χ3v) is 2.12. The van der Waals surface area contributed by atoms with Crippen molar-refractivity contribution in [3.8, 4) is 12.3 Å². The first-order chi connectivity index (χ1) is 5.93. The van der Waals surface area contributed by atoms with Gasteiger partial charge in [-0.3, -0.25) is 4.57 Å². The summed E-state index contributed by atoms with van der Waals surface area (Å²) in [6.45, 7) is 4.92. The van der Waals surface area contributed by atoms with Crippen molar-refractivity contribution in [2.24, 2.45) is 0 Å². The Labute approximate surface area is 78.5 Å².